The lowest BCUT2D eigenvalue weighted by atomic mass is 9.93. The van der Waals surface area contributed by atoms with Crippen molar-refractivity contribution in [1.29, 1.82) is 0 Å². The van der Waals surface area contributed by atoms with E-state index >= 15 is 0 Å². The number of ether oxygens (including phenoxy) is 3. The van der Waals surface area contributed by atoms with Crippen LogP contribution in [0, 0.1) is 5.92 Å². The summed E-state index contributed by atoms with van der Waals surface area (Å²) in [5.41, 5.74) is 0.337. The summed E-state index contributed by atoms with van der Waals surface area (Å²) >= 11 is 0. The van der Waals surface area contributed by atoms with E-state index in [9.17, 15) is 14.7 Å². The Morgan fingerprint density at radius 3 is 2.74 bits per heavy atom. The summed E-state index contributed by atoms with van der Waals surface area (Å²) in [4.78, 5) is 24.2. The molecule has 0 radical (unpaired) electrons. The molecule has 0 bridgehead atoms. The second-order valence-electron chi connectivity index (χ2n) is 6.56. The van der Waals surface area contributed by atoms with Gasteiger partial charge < -0.3 is 24.6 Å². The lowest BCUT2D eigenvalue weighted by Gasteiger charge is -2.28. The number of hydrogen-bond acceptors (Lipinski definition) is 5. The molecule has 0 saturated carbocycles. The van der Waals surface area contributed by atoms with E-state index in [1.54, 1.807) is 18.2 Å². The maximum Gasteiger partial charge on any atom is 0.326 e. The number of nitrogens with one attached hydrogen (secondary N) is 1. The Morgan fingerprint density at radius 2 is 2.11 bits per heavy atom. The average molecular weight is 379 g/mol. The normalized spacial score (nSPS) is 17.8. The van der Waals surface area contributed by atoms with Crippen molar-refractivity contribution in [3.05, 3.63) is 23.8 Å². The van der Waals surface area contributed by atoms with E-state index in [0.29, 0.717) is 49.9 Å². The summed E-state index contributed by atoms with van der Waals surface area (Å²) in [6.07, 6.45) is 3.46. The molecule has 1 aromatic carbocycles. The van der Waals surface area contributed by atoms with E-state index in [-0.39, 0.29) is 5.92 Å². The van der Waals surface area contributed by atoms with Crippen LogP contribution >= 0.6 is 0 Å². The molecule has 1 fully saturated rings. The first-order valence-corrected chi connectivity index (χ1v) is 9.57. The summed E-state index contributed by atoms with van der Waals surface area (Å²) in [5, 5.41) is 12.1. The fourth-order valence-corrected chi connectivity index (χ4v) is 3.00. The van der Waals surface area contributed by atoms with Crippen molar-refractivity contribution in [3.63, 3.8) is 0 Å². The van der Waals surface area contributed by atoms with Gasteiger partial charge in [-0.1, -0.05) is 13.3 Å². The maximum atomic E-state index is 12.6. The van der Waals surface area contributed by atoms with Gasteiger partial charge in [-0.2, -0.15) is 0 Å². The number of amides is 1. The van der Waals surface area contributed by atoms with Gasteiger partial charge in [0.1, 0.15) is 6.04 Å². The van der Waals surface area contributed by atoms with E-state index in [0.717, 1.165) is 19.3 Å². The molecule has 1 saturated heterocycles. The van der Waals surface area contributed by atoms with E-state index in [1.165, 1.54) is 0 Å². The molecule has 7 heteroatoms. The molecule has 2 unspecified atom stereocenters. The van der Waals surface area contributed by atoms with Crippen LogP contribution in [0.4, 0.5) is 0 Å². The molecule has 2 rings (SSSR count). The Kier molecular flexibility index (Phi) is 8.39. The molecule has 1 aliphatic rings. The number of unbranched alkanes of at least 4 members (excludes halogenated alkanes) is 1. The molecule has 0 aromatic heterocycles. The summed E-state index contributed by atoms with van der Waals surface area (Å²) in [5.74, 6) is -0.674. The highest BCUT2D eigenvalue weighted by atomic mass is 16.5. The molecule has 0 aliphatic carbocycles. The number of benzene rings is 1. The first-order chi connectivity index (χ1) is 13.1. The van der Waals surface area contributed by atoms with Gasteiger partial charge in [-0.15, -0.1) is 0 Å². The Labute approximate surface area is 160 Å². The topological polar surface area (TPSA) is 94.1 Å². The van der Waals surface area contributed by atoms with Crippen LogP contribution in [0.3, 0.4) is 0 Å². The molecular weight excluding hydrogens is 350 g/mol. The Hall–Kier alpha value is -2.28. The van der Waals surface area contributed by atoms with E-state index < -0.39 is 17.9 Å². The third-order valence-electron chi connectivity index (χ3n) is 4.48. The van der Waals surface area contributed by atoms with Gasteiger partial charge >= 0.3 is 5.97 Å². The van der Waals surface area contributed by atoms with Crippen molar-refractivity contribution in [2.75, 3.05) is 26.4 Å². The SMILES string of the molecule is CCCCOc1ccc(C(=O)NC(C(=O)O)C2CCCOC2)cc1OCC. The van der Waals surface area contributed by atoms with Crippen molar-refractivity contribution in [2.24, 2.45) is 5.92 Å². The summed E-state index contributed by atoms with van der Waals surface area (Å²) in [7, 11) is 0. The van der Waals surface area contributed by atoms with Crippen molar-refractivity contribution in [1.82, 2.24) is 5.32 Å². The number of carboxylic acid groups (broad SMARTS) is 1. The number of hydrogen-bond donors (Lipinski definition) is 2. The molecule has 1 heterocycles. The fourth-order valence-electron chi connectivity index (χ4n) is 3.00. The van der Waals surface area contributed by atoms with Gasteiger partial charge in [0.05, 0.1) is 19.8 Å². The monoisotopic (exact) mass is 379 g/mol. The molecule has 7 nitrogen and oxygen atoms in total. The standard InChI is InChI=1S/C20H29NO6/c1-3-5-11-27-16-9-8-14(12-17(16)26-4-2)19(22)21-18(20(23)24)15-7-6-10-25-13-15/h8-9,12,15,18H,3-7,10-11,13H2,1-2H3,(H,21,22)(H,23,24). The second-order valence-corrected chi connectivity index (χ2v) is 6.56. The zero-order chi connectivity index (χ0) is 19.6. The number of aliphatic carboxylic acids is 1. The molecule has 1 aromatic rings. The Balaban J connectivity index is 2.11. The number of carbonyl (C=O) groups excluding carboxylic acids is 1. The molecule has 1 amide bonds. The van der Waals surface area contributed by atoms with Gasteiger partial charge in [0, 0.05) is 18.1 Å². The van der Waals surface area contributed by atoms with Gasteiger partial charge in [-0.3, -0.25) is 4.79 Å². The number of carboxylic acids is 1. The predicted molar refractivity (Wildman–Crippen MR) is 100 cm³/mol. The number of rotatable bonds is 10. The largest absolute Gasteiger partial charge is 0.490 e. The van der Waals surface area contributed by atoms with Gasteiger partial charge in [0.25, 0.3) is 5.91 Å². The third kappa shape index (κ3) is 6.13. The van der Waals surface area contributed by atoms with E-state index in [2.05, 4.69) is 12.2 Å². The highest BCUT2D eigenvalue weighted by Crippen LogP contribution is 2.29. The number of carbonyl (C=O) groups is 2. The minimum absolute atomic E-state index is 0.233. The summed E-state index contributed by atoms with van der Waals surface area (Å²) < 4.78 is 16.7. The minimum Gasteiger partial charge on any atom is -0.490 e. The lowest BCUT2D eigenvalue weighted by Crippen LogP contribution is -2.48. The van der Waals surface area contributed by atoms with Gasteiger partial charge in [-0.25, -0.2) is 4.79 Å². The molecule has 0 spiro atoms. The van der Waals surface area contributed by atoms with Crippen molar-refractivity contribution in [3.8, 4) is 11.5 Å². The minimum atomic E-state index is -1.05. The van der Waals surface area contributed by atoms with Gasteiger partial charge in [0.2, 0.25) is 0 Å². The van der Waals surface area contributed by atoms with Gasteiger partial charge in [-0.05, 0) is 44.4 Å². The van der Waals surface area contributed by atoms with Crippen LogP contribution in [0.2, 0.25) is 0 Å². The average Bonchev–Trinajstić information content (AvgIpc) is 2.67. The van der Waals surface area contributed by atoms with Crippen molar-refractivity contribution in [2.45, 2.75) is 45.6 Å². The molecule has 150 valence electrons. The second kappa shape index (κ2) is 10.8. The molecule has 1 aliphatic heterocycles. The smallest absolute Gasteiger partial charge is 0.326 e. The van der Waals surface area contributed by atoms with E-state index in [1.807, 2.05) is 6.92 Å². The first kappa shape index (κ1) is 21.0. The van der Waals surface area contributed by atoms with Crippen LogP contribution in [0.1, 0.15) is 49.9 Å². The summed E-state index contributed by atoms with van der Waals surface area (Å²) in [6.45, 7) is 5.92. The lowest BCUT2D eigenvalue weighted by molar-refractivity contribution is -0.142. The highest BCUT2D eigenvalue weighted by molar-refractivity contribution is 5.97. The molecule has 27 heavy (non-hydrogen) atoms. The quantitative estimate of drug-likeness (QED) is 0.607. The first-order valence-electron chi connectivity index (χ1n) is 9.57. The zero-order valence-electron chi connectivity index (χ0n) is 16.0. The zero-order valence-corrected chi connectivity index (χ0v) is 16.0. The third-order valence-corrected chi connectivity index (χ3v) is 4.48. The predicted octanol–water partition coefficient (Wildman–Crippen LogP) is 2.87. The van der Waals surface area contributed by atoms with Crippen LogP contribution in [0.5, 0.6) is 11.5 Å². The van der Waals surface area contributed by atoms with E-state index in [4.69, 9.17) is 14.2 Å². The van der Waals surface area contributed by atoms with Crippen LogP contribution in [0.25, 0.3) is 0 Å². The van der Waals surface area contributed by atoms with Crippen LogP contribution in [-0.2, 0) is 9.53 Å². The highest BCUT2D eigenvalue weighted by Gasteiger charge is 2.31. The molecule has 2 atom stereocenters. The molecular formula is C20H29NO6. The van der Waals surface area contributed by atoms with Crippen molar-refractivity contribution < 1.29 is 28.9 Å². The molecule has 2 N–H and O–H groups in total. The van der Waals surface area contributed by atoms with Crippen LogP contribution < -0.4 is 14.8 Å². The Morgan fingerprint density at radius 1 is 1.30 bits per heavy atom. The maximum absolute atomic E-state index is 12.6. The fraction of sp³-hybridized carbons (Fsp3) is 0.600. The summed E-state index contributed by atoms with van der Waals surface area (Å²) in [6, 6.07) is 3.93. The van der Waals surface area contributed by atoms with Gasteiger partial charge in [0.15, 0.2) is 11.5 Å². The Bertz CT molecular complexity index is 627. The van der Waals surface area contributed by atoms with Crippen LogP contribution in [-0.4, -0.2) is 49.5 Å². The van der Waals surface area contributed by atoms with Crippen molar-refractivity contribution >= 4 is 11.9 Å². The van der Waals surface area contributed by atoms with Crippen LogP contribution in [0.15, 0.2) is 18.2 Å².